The van der Waals surface area contributed by atoms with E-state index in [2.05, 4.69) is 4.99 Å². The zero-order chi connectivity index (χ0) is 8.15. The quantitative estimate of drug-likeness (QED) is 0.299. The number of guanidine groups is 1. The Morgan fingerprint density at radius 1 is 1.55 bits per heavy atom. The van der Waals surface area contributed by atoms with Gasteiger partial charge in [-0.1, -0.05) is 0 Å². The van der Waals surface area contributed by atoms with Crippen LogP contribution in [-0.4, -0.2) is 29.6 Å². The monoisotopic (exact) mass is 182 g/mol. The number of nitrogens with two attached hydrogens (primary N) is 3. The molecule has 0 amide bonds. The first kappa shape index (κ1) is 12.6. The normalized spacial score (nSPS) is 11.0. The van der Waals surface area contributed by atoms with Crippen LogP contribution in [-0.2, 0) is 4.79 Å². The Morgan fingerprint density at radius 2 is 2.00 bits per heavy atom. The summed E-state index contributed by atoms with van der Waals surface area (Å²) in [5, 5.41) is 8.22. The molecule has 7 heteroatoms. The Morgan fingerprint density at radius 3 is 2.27 bits per heavy atom. The van der Waals surface area contributed by atoms with E-state index in [9.17, 15) is 4.79 Å². The Labute approximate surface area is 69.9 Å². The largest absolute Gasteiger partial charge is 0.480 e. The average Bonchev–Trinajstić information content (AvgIpc) is 1.82. The van der Waals surface area contributed by atoms with Crippen molar-refractivity contribution in [3.05, 3.63) is 0 Å². The van der Waals surface area contributed by atoms with Crippen LogP contribution in [0.15, 0.2) is 4.99 Å². The second kappa shape index (κ2) is 5.75. The van der Waals surface area contributed by atoms with Crippen LogP contribution in [0, 0.1) is 0 Å². The molecular formula is C4H11ClN4O2. The lowest BCUT2D eigenvalue weighted by molar-refractivity contribution is -0.138. The van der Waals surface area contributed by atoms with Gasteiger partial charge in [-0.15, -0.1) is 12.4 Å². The number of halogens is 1. The first-order valence-corrected chi connectivity index (χ1v) is 2.58. The van der Waals surface area contributed by atoms with Gasteiger partial charge in [0, 0.05) is 0 Å². The summed E-state index contributed by atoms with van der Waals surface area (Å²) >= 11 is 0. The van der Waals surface area contributed by atoms with Gasteiger partial charge in [-0.25, -0.2) is 0 Å². The number of carboxylic acid groups (broad SMARTS) is 1. The van der Waals surface area contributed by atoms with Gasteiger partial charge in [-0.3, -0.25) is 9.79 Å². The fourth-order valence-electron chi connectivity index (χ4n) is 0.282. The highest BCUT2D eigenvalue weighted by Gasteiger charge is 2.09. The summed E-state index contributed by atoms with van der Waals surface area (Å²) in [6, 6.07) is -1.03. The van der Waals surface area contributed by atoms with Gasteiger partial charge >= 0.3 is 5.97 Å². The summed E-state index contributed by atoms with van der Waals surface area (Å²) < 4.78 is 0. The topological polar surface area (TPSA) is 128 Å². The number of carbonyl (C=O) groups is 1. The summed E-state index contributed by atoms with van der Waals surface area (Å²) in [6.45, 7) is -0.0856. The van der Waals surface area contributed by atoms with Crippen molar-refractivity contribution in [2.75, 3.05) is 6.54 Å². The smallest absolute Gasteiger partial charge is 0.322 e. The van der Waals surface area contributed by atoms with Gasteiger partial charge in [0.2, 0.25) is 0 Å². The van der Waals surface area contributed by atoms with E-state index in [1.807, 2.05) is 0 Å². The predicted octanol–water partition coefficient (Wildman–Crippen LogP) is -1.91. The van der Waals surface area contributed by atoms with Crippen LogP contribution >= 0.6 is 12.4 Å². The van der Waals surface area contributed by atoms with Crippen molar-refractivity contribution < 1.29 is 9.90 Å². The lowest BCUT2D eigenvalue weighted by atomic mass is 10.3. The maximum absolute atomic E-state index is 10.0. The summed E-state index contributed by atoms with van der Waals surface area (Å²) in [7, 11) is 0. The molecule has 0 saturated carbocycles. The molecule has 0 bridgehead atoms. The van der Waals surface area contributed by atoms with E-state index in [4.69, 9.17) is 22.3 Å². The summed E-state index contributed by atoms with van der Waals surface area (Å²) in [5.74, 6) is -1.28. The van der Waals surface area contributed by atoms with Gasteiger partial charge in [0.25, 0.3) is 0 Å². The second-order valence-corrected chi connectivity index (χ2v) is 1.71. The third-order valence-electron chi connectivity index (χ3n) is 0.788. The summed E-state index contributed by atoms with van der Waals surface area (Å²) in [6.07, 6.45) is 0. The standard InChI is InChI=1S/C4H10N4O2.ClH/c5-2(3(9)10)1-8-4(6)7;/h2H,1,5H2,(H,9,10)(H4,6,7,8);1H/t2-;/m0./s1. The molecule has 0 aromatic carbocycles. The molecule has 0 fully saturated rings. The second-order valence-electron chi connectivity index (χ2n) is 1.71. The van der Waals surface area contributed by atoms with Gasteiger partial charge in [-0.2, -0.15) is 0 Å². The number of aliphatic carboxylic acids is 1. The van der Waals surface area contributed by atoms with E-state index in [0.29, 0.717) is 0 Å². The summed E-state index contributed by atoms with van der Waals surface area (Å²) in [5.41, 5.74) is 14.9. The first-order valence-electron chi connectivity index (χ1n) is 2.58. The van der Waals surface area contributed by atoms with Crippen molar-refractivity contribution in [2.45, 2.75) is 6.04 Å². The molecule has 0 rings (SSSR count). The Balaban J connectivity index is 0. The van der Waals surface area contributed by atoms with Gasteiger partial charge in [0.1, 0.15) is 6.04 Å². The Hall–Kier alpha value is -1.01. The Kier molecular flexibility index (Phi) is 6.61. The maximum atomic E-state index is 10.0. The van der Waals surface area contributed by atoms with Crippen LogP contribution < -0.4 is 17.2 Å². The molecule has 0 aromatic heterocycles. The van der Waals surface area contributed by atoms with Crippen molar-refractivity contribution >= 4 is 24.3 Å². The van der Waals surface area contributed by atoms with Gasteiger partial charge in [0.05, 0.1) is 6.54 Å². The van der Waals surface area contributed by atoms with E-state index in [0.717, 1.165) is 0 Å². The van der Waals surface area contributed by atoms with E-state index in [1.54, 1.807) is 0 Å². The van der Waals surface area contributed by atoms with Crippen molar-refractivity contribution in [1.82, 2.24) is 0 Å². The molecule has 11 heavy (non-hydrogen) atoms. The molecule has 7 N–H and O–H groups in total. The van der Waals surface area contributed by atoms with E-state index in [1.165, 1.54) is 0 Å². The average molecular weight is 183 g/mol. The minimum Gasteiger partial charge on any atom is -0.480 e. The molecule has 0 saturated heterocycles. The van der Waals surface area contributed by atoms with Crippen LogP contribution in [0.4, 0.5) is 0 Å². The van der Waals surface area contributed by atoms with Crippen LogP contribution in [0.25, 0.3) is 0 Å². The maximum Gasteiger partial charge on any atom is 0.322 e. The molecule has 66 valence electrons. The third-order valence-corrected chi connectivity index (χ3v) is 0.788. The SMILES string of the molecule is Cl.NC(N)=NC[C@H](N)C(=O)O. The molecule has 0 unspecified atom stereocenters. The number of nitrogens with zero attached hydrogens (tertiary/aromatic N) is 1. The molecule has 6 nitrogen and oxygen atoms in total. The van der Waals surface area contributed by atoms with Crippen LogP contribution in [0.5, 0.6) is 0 Å². The molecule has 0 radical (unpaired) electrons. The lowest BCUT2D eigenvalue weighted by Crippen LogP contribution is -2.35. The highest BCUT2D eigenvalue weighted by atomic mass is 35.5. The van der Waals surface area contributed by atoms with Crippen LogP contribution in [0.1, 0.15) is 0 Å². The minimum absolute atomic E-state index is 0. The van der Waals surface area contributed by atoms with Crippen LogP contribution in [0.3, 0.4) is 0 Å². The van der Waals surface area contributed by atoms with Crippen molar-refractivity contribution in [3.63, 3.8) is 0 Å². The van der Waals surface area contributed by atoms with Crippen molar-refractivity contribution in [1.29, 1.82) is 0 Å². The molecule has 0 spiro atoms. The lowest BCUT2D eigenvalue weighted by Gasteiger charge is -2.00. The number of hydrogen-bond donors (Lipinski definition) is 4. The van der Waals surface area contributed by atoms with E-state index in [-0.39, 0.29) is 24.9 Å². The van der Waals surface area contributed by atoms with Crippen molar-refractivity contribution in [2.24, 2.45) is 22.2 Å². The zero-order valence-electron chi connectivity index (χ0n) is 5.73. The number of carboxylic acids is 1. The van der Waals surface area contributed by atoms with Crippen molar-refractivity contribution in [3.8, 4) is 0 Å². The number of aliphatic imine (C=N–C) groups is 1. The molecule has 0 aromatic rings. The van der Waals surface area contributed by atoms with E-state index < -0.39 is 12.0 Å². The van der Waals surface area contributed by atoms with Gasteiger partial charge in [-0.05, 0) is 0 Å². The highest BCUT2D eigenvalue weighted by molar-refractivity contribution is 5.85. The fourth-order valence-corrected chi connectivity index (χ4v) is 0.282. The number of hydrogen-bond acceptors (Lipinski definition) is 3. The third kappa shape index (κ3) is 6.88. The zero-order valence-corrected chi connectivity index (χ0v) is 6.54. The van der Waals surface area contributed by atoms with Crippen LogP contribution in [0.2, 0.25) is 0 Å². The summed E-state index contributed by atoms with van der Waals surface area (Å²) in [4.78, 5) is 13.4. The minimum atomic E-state index is -1.12. The van der Waals surface area contributed by atoms with Gasteiger partial charge in [0.15, 0.2) is 5.96 Å². The Bertz CT molecular complexity index is 156. The molecule has 0 aliphatic carbocycles. The molecule has 0 heterocycles. The van der Waals surface area contributed by atoms with Gasteiger partial charge < -0.3 is 22.3 Å². The molecule has 0 aliphatic heterocycles. The molecule has 1 atom stereocenters. The molecule has 0 aliphatic rings. The predicted molar refractivity (Wildman–Crippen MR) is 43.5 cm³/mol. The molecular weight excluding hydrogens is 172 g/mol. The number of rotatable bonds is 3. The fraction of sp³-hybridized carbons (Fsp3) is 0.500. The van der Waals surface area contributed by atoms with E-state index >= 15 is 0 Å². The first-order chi connectivity index (χ1) is 4.54. The highest BCUT2D eigenvalue weighted by Crippen LogP contribution is 1.78.